The molecule has 4 rings (SSSR count). The van der Waals surface area contributed by atoms with Gasteiger partial charge in [-0.25, -0.2) is 0 Å². The van der Waals surface area contributed by atoms with Crippen LogP contribution < -0.4 is 5.73 Å². The van der Waals surface area contributed by atoms with Crippen LogP contribution in [0.4, 0.5) is 5.69 Å². The summed E-state index contributed by atoms with van der Waals surface area (Å²) in [6.45, 7) is 8.64. The van der Waals surface area contributed by atoms with E-state index >= 15 is 0 Å². The van der Waals surface area contributed by atoms with Gasteiger partial charge in [0.1, 0.15) is 0 Å². The highest BCUT2D eigenvalue weighted by atomic mass is 14.5. The molecule has 0 aliphatic carbocycles. The van der Waals surface area contributed by atoms with Crippen molar-refractivity contribution in [2.45, 2.75) is 27.7 Å². The van der Waals surface area contributed by atoms with Gasteiger partial charge in [0.25, 0.3) is 0 Å². The summed E-state index contributed by atoms with van der Waals surface area (Å²) in [6.07, 6.45) is 0. The first kappa shape index (κ1) is 19.0. The quantitative estimate of drug-likeness (QED) is 0.367. The Bertz CT molecular complexity index is 1200. The van der Waals surface area contributed by atoms with Crippen LogP contribution in [-0.4, -0.2) is 0 Å². The van der Waals surface area contributed by atoms with Crippen LogP contribution in [0, 0.1) is 27.7 Å². The lowest BCUT2D eigenvalue weighted by atomic mass is 9.88. The highest BCUT2D eigenvalue weighted by molar-refractivity contribution is 5.93. The van der Waals surface area contributed by atoms with E-state index in [1.54, 1.807) is 0 Å². The number of hydrogen-bond acceptors (Lipinski definition) is 1. The SMILES string of the molecule is Cc1ccc(-c2ccccc2-c2ccc(N)cc2-c2ccc(C)c(C)c2)cc1C. The zero-order chi connectivity index (χ0) is 20.5. The topological polar surface area (TPSA) is 26.0 Å². The van der Waals surface area contributed by atoms with E-state index in [1.807, 2.05) is 6.07 Å². The molecular weight excluding hydrogens is 350 g/mol. The number of benzene rings is 4. The Balaban J connectivity index is 1.95. The Morgan fingerprint density at radius 1 is 0.448 bits per heavy atom. The van der Waals surface area contributed by atoms with Crippen molar-refractivity contribution >= 4 is 5.69 Å². The molecule has 0 atom stereocenters. The molecule has 0 aliphatic rings. The molecule has 144 valence electrons. The summed E-state index contributed by atoms with van der Waals surface area (Å²) in [5, 5.41) is 0. The summed E-state index contributed by atoms with van der Waals surface area (Å²) in [5.74, 6) is 0. The summed E-state index contributed by atoms with van der Waals surface area (Å²) < 4.78 is 0. The van der Waals surface area contributed by atoms with E-state index in [-0.39, 0.29) is 0 Å². The third-order valence-corrected chi connectivity index (χ3v) is 5.90. The van der Waals surface area contributed by atoms with Crippen LogP contribution in [0.3, 0.4) is 0 Å². The van der Waals surface area contributed by atoms with Crippen molar-refractivity contribution in [2.24, 2.45) is 0 Å². The number of nitrogen functional groups attached to an aromatic ring is 1. The fourth-order valence-corrected chi connectivity index (χ4v) is 3.82. The van der Waals surface area contributed by atoms with Gasteiger partial charge >= 0.3 is 0 Å². The van der Waals surface area contributed by atoms with Crippen molar-refractivity contribution in [3.05, 3.63) is 101 Å². The standard InChI is InChI=1S/C28H27N/c1-18-9-11-22(15-20(18)3)25-7-5-6-8-26(25)27-14-13-24(29)17-28(27)23-12-10-19(2)21(4)16-23/h5-17H,29H2,1-4H3. The summed E-state index contributed by atoms with van der Waals surface area (Å²) in [5.41, 5.74) is 19.5. The predicted molar refractivity (Wildman–Crippen MR) is 126 cm³/mol. The summed E-state index contributed by atoms with van der Waals surface area (Å²) in [4.78, 5) is 0. The molecule has 0 amide bonds. The van der Waals surface area contributed by atoms with Crippen molar-refractivity contribution < 1.29 is 0 Å². The summed E-state index contributed by atoms with van der Waals surface area (Å²) in [6, 6.07) is 28.2. The van der Waals surface area contributed by atoms with Gasteiger partial charge in [-0.2, -0.15) is 0 Å². The Hall–Kier alpha value is -3.32. The van der Waals surface area contributed by atoms with Crippen LogP contribution in [-0.2, 0) is 0 Å². The molecule has 0 saturated heterocycles. The van der Waals surface area contributed by atoms with Crippen LogP contribution in [0.15, 0.2) is 78.9 Å². The Morgan fingerprint density at radius 3 is 1.55 bits per heavy atom. The first-order chi connectivity index (χ1) is 13.9. The average Bonchev–Trinajstić information content (AvgIpc) is 2.72. The minimum Gasteiger partial charge on any atom is -0.399 e. The van der Waals surface area contributed by atoms with Crippen LogP contribution in [0.2, 0.25) is 0 Å². The smallest absolute Gasteiger partial charge is 0.0320 e. The molecule has 29 heavy (non-hydrogen) atoms. The van der Waals surface area contributed by atoms with Gasteiger partial charge in [0.15, 0.2) is 0 Å². The van der Waals surface area contributed by atoms with E-state index in [2.05, 4.69) is 100 Å². The Morgan fingerprint density at radius 2 is 0.966 bits per heavy atom. The average molecular weight is 378 g/mol. The van der Waals surface area contributed by atoms with Gasteiger partial charge in [-0.15, -0.1) is 0 Å². The van der Waals surface area contributed by atoms with Crippen molar-refractivity contribution in [3.63, 3.8) is 0 Å². The molecule has 0 bridgehead atoms. The molecule has 0 heterocycles. The van der Waals surface area contributed by atoms with Crippen molar-refractivity contribution in [3.8, 4) is 33.4 Å². The minimum absolute atomic E-state index is 0.783. The summed E-state index contributed by atoms with van der Waals surface area (Å²) >= 11 is 0. The number of anilines is 1. The molecule has 0 radical (unpaired) electrons. The lowest BCUT2D eigenvalue weighted by Gasteiger charge is -2.17. The minimum atomic E-state index is 0.783. The van der Waals surface area contributed by atoms with Gasteiger partial charge in [-0.05, 0) is 95.5 Å². The van der Waals surface area contributed by atoms with E-state index in [0.29, 0.717) is 0 Å². The number of nitrogens with two attached hydrogens (primary N) is 1. The number of rotatable bonds is 3. The van der Waals surface area contributed by atoms with E-state index in [9.17, 15) is 0 Å². The van der Waals surface area contributed by atoms with Gasteiger partial charge in [0.05, 0.1) is 0 Å². The molecule has 1 heteroatoms. The van der Waals surface area contributed by atoms with Crippen LogP contribution >= 0.6 is 0 Å². The molecule has 0 fully saturated rings. The fraction of sp³-hybridized carbons (Fsp3) is 0.143. The molecule has 0 aliphatic heterocycles. The van der Waals surface area contributed by atoms with Gasteiger partial charge in [-0.1, -0.05) is 66.7 Å². The summed E-state index contributed by atoms with van der Waals surface area (Å²) in [7, 11) is 0. The maximum Gasteiger partial charge on any atom is 0.0320 e. The van der Waals surface area contributed by atoms with Crippen LogP contribution in [0.5, 0.6) is 0 Å². The Labute approximate surface area is 173 Å². The van der Waals surface area contributed by atoms with Gasteiger partial charge in [0, 0.05) is 5.69 Å². The third-order valence-electron chi connectivity index (χ3n) is 5.90. The van der Waals surface area contributed by atoms with Gasteiger partial charge in [-0.3, -0.25) is 0 Å². The van der Waals surface area contributed by atoms with E-state index in [1.165, 1.54) is 55.6 Å². The lowest BCUT2D eigenvalue weighted by molar-refractivity contribution is 1.34. The van der Waals surface area contributed by atoms with Gasteiger partial charge in [0.2, 0.25) is 0 Å². The molecule has 4 aromatic carbocycles. The number of aryl methyl sites for hydroxylation is 4. The van der Waals surface area contributed by atoms with Crippen LogP contribution in [0.1, 0.15) is 22.3 Å². The second-order valence-corrected chi connectivity index (χ2v) is 7.95. The largest absolute Gasteiger partial charge is 0.399 e. The van der Waals surface area contributed by atoms with Crippen LogP contribution in [0.25, 0.3) is 33.4 Å². The number of hydrogen-bond donors (Lipinski definition) is 1. The normalized spacial score (nSPS) is 10.9. The second-order valence-electron chi connectivity index (χ2n) is 7.95. The molecule has 0 saturated carbocycles. The maximum absolute atomic E-state index is 6.20. The molecule has 0 aromatic heterocycles. The van der Waals surface area contributed by atoms with Crippen molar-refractivity contribution in [1.82, 2.24) is 0 Å². The Kier molecular flexibility index (Phi) is 4.98. The molecule has 0 spiro atoms. The van der Waals surface area contributed by atoms with E-state index < -0.39 is 0 Å². The van der Waals surface area contributed by atoms with Crippen molar-refractivity contribution in [2.75, 3.05) is 5.73 Å². The van der Waals surface area contributed by atoms with Gasteiger partial charge < -0.3 is 5.73 Å². The highest BCUT2D eigenvalue weighted by Crippen LogP contribution is 2.39. The monoisotopic (exact) mass is 377 g/mol. The zero-order valence-electron chi connectivity index (χ0n) is 17.6. The molecule has 0 unspecified atom stereocenters. The van der Waals surface area contributed by atoms with E-state index in [4.69, 9.17) is 5.73 Å². The molecule has 2 N–H and O–H groups in total. The van der Waals surface area contributed by atoms with E-state index in [0.717, 1.165) is 5.69 Å². The highest BCUT2D eigenvalue weighted by Gasteiger charge is 2.13. The first-order valence-corrected chi connectivity index (χ1v) is 10.1. The second kappa shape index (κ2) is 7.60. The third kappa shape index (κ3) is 3.69. The molecular formula is C28H27N. The molecule has 1 nitrogen and oxygen atoms in total. The lowest BCUT2D eigenvalue weighted by Crippen LogP contribution is -1.93. The maximum atomic E-state index is 6.20. The first-order valence-electron chi connectivity index (χ1n) is 10.1. The van der Waals surface area contributed by atoms with Crippen molar-refractivity contribution in [1.29, 1.82) is 0 Å². The molecule has 4 aromatic rings. The fourth-order valence-electron chi connectivity index (χ4n) is 3.82. The predicted octanol–water partition coefficient (Wildman–Crippen LogP) is 7.50. The zero-order valence-corrected chi connectivity index (χ0v) is 17.6.